The van der Waals surface area contributed by atoms with Crippen molar-refractivity contribution in [1.82, 2.24) is 29.5 Å². The lowest BCUT2D eigenvalue weighted by molar-refractivity contribution is -0.122. The lowest BCUT2D eigenvalue weighted by Gasteiger charge is -2.32. The summed E-state index contributed by atoms with van der Waals surface area (Å²) in [5.41, 5.74) is 6.48. The molecule has 176 valence electrons. The van der Waals surface area contributed by atoms with E-state index >= 15 is 0 Å². The molecule has 3 heterocycles. The van der Waals surface area contributed by atoms with Gasteiger partial charge in [-0.15, -0.1) is 0 Å². The summed E-state index contributed by atoms with van der Waals surface area (Å²) in [6.07, 6.45) is 10.4. The summed E-state index contributed by atoms with van der Waals surface area (Å²) in [6.45, 7) is 6.19. The van der Waals surface area contributed by atoms with E-state index in [-0.39, 0.29) is 29.7 Å². The Labute approximate surface area is 198 Å². The first-order chi connectivity index (χ1) is 16.0. The van der Waals surface area contributed by atoms with E-state index < -0.39 is 0 Å². The van der Waals surface area contributed by atoms with Gasteiger partial charge in [0.15, 0.2) is 5.82 Å². The van der Waals surface area contributed by atoms with Gasteiger partial charge in [-0.3, -0.25) is 14.4 Å². The molecule has 0 unspecified atom stereocenters. The molecule has 2 aromatic rings. The number of nitrogens with two attached hydrogens (primary N) is 1. The zero-order valence-corrected chi connectivity index (χ0v) is 19.4. The van der Waals surface area contributed by atoms with E-state index in [9.17, 15) is 4.79 Å². The van der Waals surface area contributed by atoms with Crippen molar-refractivity contribution in [3.05, 3.63) is 35.8 Å². The van der Waals surface area contributed by atoms with Crippen LogP contribution in [0.4, 0.5) is 17.5 Å². The molecule has 2 aromatic heterocycles. The van der Waals surface area contributed by atoms with Gasteiger partial charge in [-0.1, -0.05) is 23.8 Å². The highest BCUT2D eigenvalue weighted by Gasteiger charge is 2.47. The average molecular weight is 472 g/mol. The van der Waals surface area contributed by atoms with Crippen LogP contribution in [-0.4, -0.2) is 81.3 Å². The highest BCUT2D eigenvalue weighted by atomic mass is 35.5. The van der Waals surface area contributed by atoms with Gasteiger partial charge in [-0.25, -0.2) is 4.98 Å². The van der Waals surface area contributed by atoms with Gasteiger partial charge in [-0.2, -0.15) is 10.1 Å². The van der Waals surface area contributed by atoms with Crippen LogP contribution in [0.3, 0.4) is 0 Å². The molecule has 2 bridgehead atoms. The standard InChI is InChI=1S/C22H30ClN9O/c1-30-4-6-31(7-5-30)8-9-32-13-16(11-26-32)27-22-25-12-17(23)21(29-22)28-19-15-3-2-14(10-15)18(19)20(24)33/h2-3,11-15,18-19H,4-10H2,1H3,(H2,24,33)(H2,25,27,28,29)/t14-,15-,18-,19+/m0/s1. The SMILES string of the molecule is CN1CCN(CCn2cc(Nc3ncc(Cl)c(N[C@H]4[C@@H](C(N)=O)[C@H]5C=C[C@H]4C5)n3)cn2)CC1. The van der Waals surface area contributed by atoms with Crippen LogP contribution in [-0.2, 0) is 11.3 Å². The number of carbonyl (C=O) groups is 1. The third-order valence-electron chi connectivity index (χ3n) is 6.97. The number of nitrogens with zero attached hydrogens (tertiary/aromatic N) is 6. The summed E-state index contributed by atoms with van der Waals surface area (Å²) in [6, 6.07) is -0.116. The summed E-state index contributed by atoms with van der Waals surface area (Å²) in [4.78, 5) is 25.7. The fourth-order valence-electron chi connectivity index (χ4n) is 5.09. The molecule has 3 aliphatic rings. The topological polar surface area (TPSA) is 117 Å². The first kappa shape index (κ1) is 22.1. The highest BCUT2D eigenvalue weighted by molar-refractivity contribution is 6.32. The molecule has 0 aromatic carbocycles. The van der Waals surface area contributed by atoms with Gasteiger partial charge < -0.3 is 21.3 Å². The number of hydrogen-bond acceptors (Lipinski definition) is 8. The second-order valence-corrected chi connectivity index (χ2v) is 9.61. The molecule has 4 atom stereocenters. The molecule has 10 nitrogen and oxygen atoms in total. The number of allylic oxidation sites excluding steroid dienone is 1. The summed E-state index contributed by atoms with van der Waals surface area (Å²) < 4.78 is 1.93. The molecule has 33 heavy (non-hydrogen) atoms. The van der Waals surface area contributed by atoms with Gasteiger partial charge in [0.2, 0.25) is 11.9 Å². The minimum absolute atomic E-state index is 0.116. The molecule has 1 saturated heterocycles. The van der Waals surface area contributed by atoms with E-state index in [1.54, 1.807) is 12.4 Å². The first-order valence-corrected chi connectivity index (χ1v) is 11.8. The quantitative estimate of drug-likeness (QED) is 0.495. The van der Waals surface area contributed by atoms with Crippen LogP contribution in [0.15, 0.2) is 30.7 Å². The number of aromatic nitrogens is 4. The molecular formula is C22H30ClN9O. The number of nitrogens with one attached hydrogen (secondary N) is 2. The largest absolute Gasteiger partial charge is 0.369 e. The predicted molar refractivity (Wildman–Crippen MR) is 127 cm³/mol. The number of piperazine rings is 1. The Kier molecular flexibility index (Phi) is 6.22. The molecule has 5 rings (SSSR count). The Bertz CT molecular complexity index is 1030. The van der Waals surface area contributed by atoms with Gasteiger partial charge in [0.25, 0.3) is 0 Å². The number of hydrogen-bond donors (Lipinski definition) is 3. The number of amides is 1. The molecule has 2 aliphatic carbocycles. The molecular weight excluding hydrogens is 442 g/mol. The van der Waals surface area contributed by atoms with Crippen molar-refractivity contribution in [3.8, 4) is 0 Å². The molecule has 4 N–H and O–H groups in total. The Morgan fingerprint density at radius 3 is 2.76 bits per heavy atom. The van der Waals surface area contributed by atoms with Crippen molar-refractivity contribution < 1.29 is 4.79 Å². The normalized spacial score (nSPS) is 27.2. The Hall–Kier alpha value is -2.69. The van der Waals surface area contributed by atoms with E-state index in [1.807, 2.05) is 10.9 Å². The number of carbonyl (C=O) groups excluding carboxylic acids is 1. The third kappa shape index (κ3) is 4.83. The van der Waals surface area contributed by atoms with E-state index in [0.717, 1.165) is 51.4 Å². The molecule has 0 radical (unpaired) electrons. The van der Waals surface area contributed by atoms with E-state index in [4.69, 9.17) is 17.3 Å². The van der Waals surface area contributed by atoms with E-state index in [0.29, 0.717) is 16.8 Å². The van der Waals surface area contributed by atoms with Crippen molar-refractivity contribution in [2.75, 3.05) is 50.4 Å². The molecule has 1 amide bonds. The Morgan fingerprint density at radius 1 is 1.18 bits per heavy atom. The lowest BCUT2D eigenvalue weighted by Crippen LogP contribution is -2.45. The van der Waals surface area contributed by atoms with Gasteiger partial charge in [-0.05, 0) is 25.3 Å². The maximum atomic E-state index is 12.0. The van der Waals surface area contributed by atoms with E-state index in [2.05, 4.69) is 54.7 Å². The third-order valence-corrected chi connectivity index (χ3v) is 7.24. The number of rotatable bonds is 8. The van der Waals surface area contributed by atoms with Crippen LogP contribution in [0.1, 0.15) is 6.42 Å². The van der Waals surface area contributed by atoms with Crippen molar-refractivity contribution in [2.45, 2.75) is 19.0 Å². The Balaban J connectivity index is 1.21. The minimum Gasteiger partial charge on any atom is -0.369 e. The minimum atomic E-state index is -0.295. The van der Waals surface area contributed by atoms with E-state index in [1.165, 1.54) is 0 Å². The predicted octanol–water partition coefficient (Wildman–Crippen LogP) is 1.41. The average Bonchev–Trinajstić information content (AvgIpc) is 3.52. The molecule has 11 heteroatoms. The maximum Gasteiger partial charge on any atom is 0.229 e. The summed E-state index contributed by atoms with van der Waals surface area (Å²) >= 11 is 6.36. The number of fused-ring (bicyclic) bond motifs is 2. The molecule has 0 spiro atoms. The van der Waals surface area contributed by atoms with Gasteiger partial charge in [0, 0.05) is 45.0 Å². The van der Waals surface area contributed by atoms with Crippen LogP contribution in [0, 0.1) is 17.8 Å². The van der Waals surface area contributed by atoms with Crippen molar-refractivity contribution >= 4 is 35.0 Å². The van der Waals surface area contributed by atoms with Crippen LogP contribution in [0.5, 0.6) is 0 Å². The number of anilines is 3. The second kappa shape index (κ2) is 9.28. The zero-order chi connectivity index (χ0) is 22.9. The first-order valence-electron chi connectivity index (χ1n) is 11.4. The fraction of sp³-hybridized carbons (Fsp3) is 0.545. The number of halogens is 1. The maximum absolute atomic E-state index is 12.0. The van der Waals surface area contributed by atoms with Crippen LogP contribution in [0.2, 0.25) is 5.02 Å². The summed E-state index contributed by atoms with van der Waals surface area (Å²) in [7, 11) is 2.16. The number of primary amides is 1. The van der Waals surface area contributed by atoms with Crippen molar-refractivity contribution in [3.63, 3.8) is 0 Å². The van der Waals surface area contributed by atoms with Crippen LogP contribution in [0.25, 0.3) is 0 Å². The second-order valence-electron chi connectivity index (χ2n) is 9.20. The lowest BCUT2D eigenvalue weighted by atomic mass is 9.88. The van der Waals surface area contributed by atoms with Crippen molar-refractivity contribution in [1.29, 1.82) is 0 Å². The Morgan fingerprint density at radius 2 is 1.97 bits per heavy atom. The molecule has 2 fully saturated rings. The van der Waals surface area contributed by atoms with Crippen LogP contribution >= 0.6 is 11.6 Å². The van der Waals surface area contributed by atoms with Crippen molar-refractivity contribution in [2.24, 2.45) is 23.5 Å². The molecule has 1 saturated carbocycles. The molecule has 1 aliphatic heterocycles. The highest BCUT2D eigenvalue weighted by Crippen LogP contribution is 2.45. The van der Waals surface area contributed by atoms with Gasteiger partial charge in [0.05, 0.1) is 30.5 Å². The monoisotopic (exact) mass is 471 g/mol. The van der Waals surface area contributed by atoms with Gasteiger partial charge >= 0.3 is 0 Å². The van der Waals surface area contributed by atoms with Crippen LogP contribution < -0.4 is 16.4 Å². The summed E-state index contributed by atoms with van der Waals surface area (Å²) in [5, 5.41) is 11.4. The smallest absolute Gasteiger partial charge is 0.229 e. The fourth-order valence-corrected chi connectivity index (χ4v) is 5.23. The van der Waals surface area contributed by atoms with Gasteiger partial charge in [0.1, 0.15) is 5.02 Å². The zero-order valence-electron chi connectivity index (χ0n) is 18.7. The number of likely N-dealkylation sites (N-methyl/N-ethyl adjacent to an activating group) is 1. The summed E-state index contributed by atoms with van der Waals surface area (Å²) in [5.74, 6) is 0.773.